The number of carbonyl (C=O) groups is 1. The van der Waals surface area contributed by atoms with E-state index in [4.69, 9.17) is 9.47 Å². The predicted octanol–water partition coefficient (Wildman–Crippen LogP) is 4.34. The molecule has 0 spiro atoms. The van der Waals surface area contributed by atoms with Crippen molar-refractivity contribution in [3.8, 4) is 5.75 Å². The molecule has 1 atom stereocenters. The highest BCUT2D eigenvalue weighted by atomic mass is 16.6. The lowest BCUT2D eigenvalue weighted by Crippen LogP contribution is -2.37. The van der Waals surface area contributed by atoms with Crippen molar-refractivity contribution in [1.29, 1.82) is 0 Å². The van der Waals surface area contributed by atoms with Crippen LogP contribution in [0.25, 0.3) is 0 Å². The van der Waals surface area contributed by atoms with E-state index in [-0.39, 0.29) is 18.7 Å². The lowest BCUT2D eigenvalue weighted by Gasteiger charge is -2.32. The Bertz CT molecular complexity index is 695. The first-order chi connectivity index (χ1) is 11.8. The molecule has 0 saturated heterocycles. The third-order valence-corrected chi connectivity index (χ3v) is 4.14. The van der Waals surface area contributed by atoms with Crippen LogP contribution < -0.4 is 4.74 Å². The monoisotopic (exact) mass is 323 g/mol. The van der Waals surface area contributed by atoms with Crippen molar-refractivity contribution in [3.05, 3.63) is 77.9 Å². The first kappa shape index (κ1) is 16.1. The SMILES string of the molecule is COc1ccc([C@@H]2CC=CCN2C(=O)OCc2ccccc2)cc1. The standard InChI is InChI=1S/C20H21NO3/c1-23-18-12-10-17(11-13-18)19-9-5-6-14-21(19)20(22)24-15-16-7-3-2-4-8-16/h2-8,10-13,19H,9,14-15H2,1H3/t19-/m0/s1. The van der Waals surface area contributed by atoms with E-state index in [1.54, 1.807) is 12.0 Å². The summed E-state index contributed by atoms with van der Waals surface area (Å²) in [5.41, 5.74) is 2.07. The summed E-state index contributed by atoms with van der Waals surface area (Å²) < 4.78 is 10.7. The van der Waals surface area contributed by atoms with Crippen molar-refractivity contribution in [2.75, 3.05) is 13.7 Å². The quantitative estimate of drug-likeness (QED) is 0.786. The summed E-state index contributed by atoms with van der Waals surface area (Å²) in [6, 6.07) is 17.5. The van der Waals surface area contributed by atoms with Crippen LogP contribution in [-0.2, 0) is 11.3 Å². The molecule has 0 bridgehead atoms. The number of hydrogen-bond acceptors (Lipinski definition) is 3. The van der Waals surface area contributed by atoms with Crippen molar-refractivity contribution in [3.63, 3.8) is 0 Å². The van der Waals surface area contributed by atoms with Crippen molar-refractivity contribution in [2.45, 2.75) is 19.1 Å². The summed E-state index contributed by atoms with van der Waals surface area (Å²) in [4.78, 5) is 14.3. The maximum absolute atomic E-state index is 12.5. The van der Waals surface area contributed by atoms with Gasteiger partial charge in [0.25, 0.3) is 0 Å². The van der Waals surface area contributed by atoms with Gasteiger partial charge in [0.2, 0.25) is 0 Å². The lowest BCUT2D eigenvalue weighted by molar-refractivity contribution is 0.0832. The van der Waals surface area contributed by atoms with Crippen LogP contribution in [0.2, 0.25) is 0 Å². The van der Waals surface area contributed by atoms with Crippen LogP contribution in [0.5, 0.6) is 5.75 Å². The van der Waals surface area contributed by atoms with Gasteiger partial charge in [-0.15, -0.1) is 0 Å². The zero-order valence-corrected chi connectivity index (χ0v) is 13.7. The Labute approximate surface area is 142 Å². The van der Waals surface area contributed by atoms with Crippen LogP contribution in [0.3, 0.4) is 0 Å². The van der Waals surface area contributed by atoms with E-state index in [1.807, 2.05) is 60.7 Å². The summed E-state index contributed by atoms with van der Waals surface area (Å²) >= 11 is 0. The molecule has 0 aromatic heterocycles. The average molecular weight is 323 g/mol. The number of nitrogens with zero attached hydrogens (tertiary/aromatic N) is 1. The van der Waals surface area contributed by atoms with Crippen molar-refractivity contribution in [1.82, 2.24) is 4.90 Å². The van der Waals surface area contributed by atoms with Crippen molar-refractivity contribution >= 4 is 6.09 Å². The molecule has 0 saturated carbocycles. The smallest absolute Gasteiger partial charge is 0.410 e. The summed E-state index contributed by atoms with van der Waals surface area (Å²) in [5.74, 6) is 0.809. The van der Waals surface area contributed by atoms with Crippen molar-refractivity contribution < 1.29 is 14.3 Å². The van der Waals surface area contributed by atoms with Gasteiger partial charge in [-0.05, 0) is 29.7 Å². The normalized spacial score (nSPS) is 16.7. The number of hydrogen-bond donors (Lipinski definition) is 0. The molecular formula is C20H21NO3. The van der Waals surface area contributed by atoms with Gasteiger partial charge < -0.3 is 9.47 Å². The Morgan fingerprint density at radius 1 is 1.08 bits per heavy atom. The van der Waals surface area contributed by atoms with Gasteiger partial charge >= 0.3 is 6.09 Å². The minimum atomic E-state index is -0.288. The number of ether oxygens (including phenoxy) is 2. The zero-order valence-electron chi connectivity index (χ0n) is 13.7. The Hall–Kier alpha value is -2.75. The molecule has 2 aromatic carbocycles. The number of carbonyl (C=O) groups excluding carboxylic acids is 1. The molecule has 24 heavy (non-hydrogen) atoms. The van der Waals surface area contributed by atoms with Crippen LogP contribution in [0, 0.1) is 0 Å². The maximum Gasteiger partial charge on any atom is 0.410 e. The van der Waals surface area contributed by atoms with E-state index < -0.39 is 0 Å². The van der Waals surface area contributed by atoms with E-state index in [1.165, 1.54) is 0 Å². The van der Waals surface area contributed by atoms with Crippen LogP contribution in [0.15, 0.2) is 66.7 Å². The van der Waals surface area contributed by atoms with Gasteiger partial charge in [-0.2, -0.15) is 0 Å². The third-order valence-electron chi connectivity index (χ3n) is 4.14. The number of rotatable bonds is 4. The second kappa shape index (κ2) is 7.68. The Balaban J connectivity index is 1.69. The lowest BCUT2D eigenvalue weighted by atomic mass is 9.99. The molecule has 1 aliphatic rings. The predicted molar refractivity (Wildman–Crippen MR) is 92.8 cm³/mol. The fraction of sp³-hybridized carbons (Fsp3) is 0.250. The van der Waals surface area contributed by atoms with E-state index in [9.17, 15) is 4.79 Å². The van der Waals surface area contributed by atoms with E-state index in [2.05, 4.69) is 6.08 Å². The van der Waals surface area contributed by atoms with Gasteiger partial charge in [0, 0.05) is 6.54 Å². The van der Waals surface area contributed by atoms with Gasteiger partial charge in [0.05, 0.1) is 13.2 Å². The third kappa shape index (κ3) is 3.77. The number of benzene rings is 2. The molecule has 2 aromatic rings. The molecule has 0 unspecified atom stereocenters. The molecule has 0 radical (unpaired) electrons. The first-order valence-electron chi connectivity index (χ1n) is 8.04. The number of methoxy groups -OCH3 is 1. The van der Waals surface area contributed by atoms with Crippen LogP contribution in [0.1, 0.15) is 23.6 Å². The summed E-state index contributed by atoms with van der Waals surface area (Å²) in [6.45, 7) is 0.847. The topological polar surface area (TPSA) is 38.8 Å². The van der Waals surface area contributed by atoms with Gasteiger partial charge in [0.15, 0.2) is 0 Å². The molecule has 0 N–H and O–H groups in total. The minimum absolute atomic E-state index is 0.0100. The molecule has 0 fully saturated rings. The largest absolute Gasteiger partial charge is 0.497 e. The van der Waals surface area contributed by atoms with Crippen LogP contribution in [0.4, 0.5) is 4.79 Å². The van der Waals surface area contributed by atoms with Gasteiger partial charge in [-0.25, -0.2) is 4.79 Å². The Morgan fingerprint density at radius 3 is 2.54 bits per heavy atom. The van der Waals surface area contributed by atoms with Crippen LogP contribution >= 0.6 is 0 Å². The highest BCUT2D eigenvalue weighted by molar-refractivity contribution is 5.69. The molecule has 1 aliphatic heterocycles. The second-order valence-corrected chi connectivity index (χ2v) is 5.69. The average Bonchev–Trinajstić information content (AvgIpc) is 2.67. The molecule has 1 heterocycles. The molecule has 1 amide bonds. The fourth-order valence-corrected chi connectivity index (χ4v) is 2.81. The van der Waals surface area contributed by atoms with E-state index >= 15 is 0 Å². The number of amides is 1. The van der Waals surface area contributed by atoms with Gasteiger partial charge in [0.1, 0.15) is 12.4 Å². The Kier molecular flexibility index (Phi) is 5.16. The highest BCUT2D eigenvalue weighted by Crippen LogP contribution is 2.29. The summed E-state index contributed by atoms with van der Waals surface area (Å²) in [5, 5.41) is 0. The van der Waals surface area contributed by atoms with Crippen molar-refractivity contribution in [2.24, 2.45) is 0 Å². The van der Waals surface area contributed by atoms with Gasteiger partial charge in [-0.3, -0.25) is 4.90 Å². The Morgan fingerprint density at radius 2 is 1.83 bits per heavy atom. The van der Waals surface area contributed by atoms with Crippen LogP contribution in [-0.4, -0.2) is 24.6 Å². The highest BCUT2D eigenvalue weighted by Gasteiger charge is 2.27. The minimum Gasteiger partial charge on any atom is -0.497 e. The second-order valence-electron chi connectivity index (χ2n) is 5.69. The molecule has 0 aliphatic carbocycles. The fourth-order valence-electron chi connectivity index (χ4n) is 2.81. The maximum atomic E-state index is 12.5. The zero-order chi connectivity index (χ0) is 16.8. The van der Waals surface area contributed by atoms with Gasteiger partial charge in [-0.1, -0.05) is 54.6 Å². The molecule has 124 valence electrons. The molecule has 4 nitrogen and oxygen atoms in total. The summed E-state index contributed by atoms with van der Waals surface area (Å²) in [6.07, 6.45) is 4.61. The molecular weight excluding hydrogens is 302 g/mol. The molecule has 3 rings (SSSR count). The first-order valence-corrected chi connectivity index (χ1v) is 8.04. The summed E-state index contributed by atoms with van der Waals surface area (Å²) in [7, 11) is 1.64. The molecule has 4 heteroatoms. The van der Waals surface area contributed by atoms with E-state index in [0.717, 1.165) is 23.3 Å². The van der Waals surface area contributed by atoms with E-state index in [0.29, 0.717) is 6.54 Å².